The van der Waals surface area contributed by atoms with Gasteiger partial charge in [-0.2, -0.15) is 5.26 Å². The minimum Gasteiger partial charge on any atom is -0.480 e. The van der Waals surface area contributed by atoms with Crippen molar-refractivity contribution in [2.75, 3.05) is 20.2 Å². The number of nitriles is 1. The number of likely N-dealkylation sites (tertiary alicyclic amines) is 1. The van der Waals surface area contributed by atoms with Crippen molar-refractivity contribution in [1.82, 2.24) is 19.9 Å². The van der Waals surface area contributed by atoms with Crippen molar-refractivity contribution in [3.05, 3.63) is 42.0 Å². The Morgan fingerprint density at radius 1 is 1.29 bits per heavy atom. The lowest BCUT2D eigenvalue weighted by Crippen LogP contribution is -2.31. The molecule has 1 amide bonds. The van der Waals surface area contributed by atoms with E-state index in [1.54, 1.807) is 23.2 Å². The van der Waals surface area contributed by atoms with E-state index in [4.69, 9.17) is 14.7 Å². The molecule has 0 N–H and O–H groups in total. The standard InChI is InChI=1S/C16H15N5O3/c1-23-14-12(3-2-5-19-14)16(22)21-8-4-11(10-21)24-15-13(9-17)18-6-7-20-15/h2-3,5-7,11H,4,8,10H2,1H3. The van der Waals surface area contributed by atoms with Crippen LogP contribution in [-0.4, -0.2) is 52.1 Å². The maximum Gasteiger partial charge on any atom is 0.259 e. The molecule has 1 unspecified atom stereocenters. The Hall–Kier alpha value is -3.21. The van der Waals surface area contributed by atoms with Crippen LogP contribution in [0.2, 0.25) is 0 Å². The number of aromatic nitrogens is 3. The van der Waals surface area contributed by atoms with Crippen molar-refractivity contribution in [3.63, 3.8) is 0 Å². The van der Waals surface area contributed by atoms with Crippen LogP contribution in [0.1, 0.15) is 22.5 Å². The molecule has 3 rings (SSSR count). The molecule has 1 atom stereocenters. The van der Waals surface area contributed by atoms with Crippen molar-refractivity contribution in [1.29, 1.82) is 5.26 Å². The van der Waals surface area contributed by atoms with Crippen LogP contribution in [0.25, 0.3) is 0 Å². The van der Waals surface area contributed by atoms with E-state index < -0.39 is 0 Å². The van der Waals surface area contributed by atoms with Crippen molar-refractivity contribution in [3.8, 4) is 17.8 Å². The van der Waals surface area contributed by atoms with Crippen LogP contribution in [0.5, 0.6) is 11.8 Å². The van der Waals surface area contributed by atoms with Gasteiger partial charge in [0, 0.05) is 31.6 Å². The second kappa shape index (κ2) is 6.91. The van der Waals surface area contributed by atoms with Crippen LogP contribution >= 0.6 is 0 Å². The van der Waals surface area contributed by atoms with Gasteiger partial charge in [-0.05, 0) is 12.1 Å². The maximum absolute atomic E-state index is 12.6. The molecule has 24 heavy (non-hydrogen) atoms. The molecule has 2 aromatic rings. The molecule has 8 heteroatoms. The molecular weight excluding hydrogens is 310 g/mol. The molecule has 1 aliphatic heterocycles. The SMILES string of the molecule is COc1ncccc1C(=O)N1CCC(Oc2nccnc2C#N)C1. The van der Waals surface area contributed by atoms with E-state index in [1.165, 1.54) is 19.5 Å². The first-order chi connectivity index (χ1) is 11.7. The maximum atomic E-state index is 12.6. The van der Waals surface area contributed by atoms with Gasteiger partial charge in [0.05, 0.1) is 13.7 Å². The lowest BCUT2D eigenvalue weighted by Gasteiger charge is -2.18. The predicted molar refractivity (Wildman–Crippen MR) is 82.5 cm³/mol. The summed E-state index contributed by atoms with van der Waals surface area (Å²) in [5.41, 5.74) is 0.550. The Balaban J connectivity index is 1.69. The van der Waals surface area contributed by atoms with E-state index >= 15 is 0 Å². The Kier molecular flexibility index (Phi) is 4.52. The zero-order valence-corrected chi connectivity index (χ0v) is 13.0. The molecule has 0 radical (unpaired) electrons. The second-order valence-corrected chi connectivity index (χ2v) is 5.16. The number of hydrogen-bond acceptors (Lipinski definition) is 7. The first-order valence-corrected chi connectivity index (χ1v) is 7.39. The van der Waals surface area contributed by atoms with E-state index in [9.17, 15) is 4.79 Å². The van der Waals surface area contributed by atoms with E-state index in [2.05, 4.69) is 15.0 Å². The van der Waals surface area contributed by atoms with Crippen LogP contribution in [0.15, 0.2) is 30.7 Å². The number of methoxy groups -OCH3 is 1. The molecule has 1 aliphatic rings. The van der Waals surface area contributed by atoms with Gasteiger partial charge < -0.3 is 14.4 Å². The zero-order chi connectivity index (χ0) is 16.9. The number of ether oxygens (including phenoxy) is 2. The minimum atomic E-state index is -0.236. The monoisotopic (exact) mass is 325 g/mol. The van der Waals surface area contributed by atoms with Gasteiger partial charge in [0.1, 0.15) is 17.7 Å². The second-order valence-electron chi connectivity index (χ2n) is 5.16. The van der Waals surface area contributed by atoms with Crippen molar-refractivity contribution in [2.45, 2.75) is 12.5 Å². The van der Waals surface area contributed by atoms with E-state index in [0.717, 1.165) is 0 Å². The largest absolute Gasteiger partial charge is 0.480 e. The summed E-state index contributed by atoms with van der Waals surface area (Å²) in [4.78, 5) is 26.3. The minimum absolute atomic E-state index is 0.135. The summed E-state index contributed by atoms with van der Waals surface area (Å²) in [5, 5.41) is 9.02. The molecular formula is C16H15N5O3. The first kappa shape index (κ1) is 15.7. The van der Waals surface area contributed by atoms with Gasteiger partial charge in [-0.15, -0.1) is 0 Å². The quantitative estimate of drug-likeness (QED) is 0.828. The fraction of sp³-hybridized carbons (Fsp3) is 0.312. The summed E-state index contributed by atoms with van der Waals surface area (Å²) >= 11 is 0. The molecule has 0 aliphatic carbocycles. The highest BCUT2D eigenvalue weighted by atomic mass is 16.5. The third-order valence-corrected chi connectivity index (χ3v) is 3.68. The highest BCUT2D eigenvalue weighted by molar-refractivity contribution is 5.96. The Bertz CT molecular complexity index is 789. The molecule has 0 spiro atoms. The Labute approximate surface area is 138 Å². The van der Waals surface area contributed by atoms with Crippen LogP contribution in [-0.2, 0) is 0 Å². The lowest BCUT2D eigenvalue weighted by atomic mass is 10.2. The van der Waals surface area contributed by atoms with Gasteiger partial charge in [-0.1, -0.05) is 0 Å². The van der Waals surface area contributed by atoms with E-state index in [0.29, 0.717) is 31.0 Å². The summed E-state index contributed by atoms with van der Waals surface area (Å²) in [7, 11) is 1.48. The summed E-state index contributed by atoms with van der Waals surface area (Å²) in [6, 6.07) is 5.31. The fourth-order valence-corrected chi connectivity index (χ4v) is 2.54. The number of rotatable bonds is 4. The number of amides is 1. The van der Waals surface area contributed by atoms with Gasteiger partial charge in [-0.3, -0.25) is 4.79 Å². The number of carbonyl (C=O) groups is 1. The van der Waals surface area contributed by atoms with Crippen LogP contribution in [0, 0.1) is 11.3 Å². The van der Waals surface area contributed by atoms with Crippen molar-refractivity contribution >= 4 is 5.91 Å². The molecule has 1 fully saturated rings. The summed E-state index contributed by atoms with van der Waals surface area (Å²) in [6.07, 6.45) is 4.89. The summed E-state index contributed by atoms with van der Waals surface area (Å²) < 4.78 is 10.9. The van der Waals surface area contributed by atoms with Gasteiger partial charge in [-0.25, -0.2) is 15.0 Å². The van der Waals surface area contributed by atoms with E-state index in [1.807, 2.05) is 6.07 Å². The Morgan fingerprint density at radius 3 is 2.88 bits per heavy atom. The van der Waals surface area contributed by atoms with Gasteiger partial charge in [0.2, 0.25) is 11.6 Å². The molecule has 2 aromatic heterocycles. The van der Waals surface area contributed by atoms with Crippen LogP contribution < -0.4 is 9.47 Å². The molecule has 0 saturated carbocycles. The van der Waals surface area contributed by atoms with Gasteiger partial charge in [0.15, 0.2) is 0 Å². The predicted octanol–water partition coefficient (Wildman–Crippen LogP) is 1.05. The Morgan fingerprint density at radius 2 is 2.08 bits per heavy atom. The summed E-state index contributed by atoms with van der Waals surface area (Å²) in [6.45, 7) is 0.946. The molecule has 0 aromatic carbocycles. The topological polar surface area (TPSA) is 101 Å². The highest BCUT2D eigenvalue weighted by Crippen LogP contribution is 2.22. The number of pyridine rings is 1. The first-order valence-electron chi connectivity index (χ1n) is 7.39. The highest BCUT2D eigenvalue weighted by Gasteiger charge is 2.30. The number of hydrogen-bond donors (Lipinski definition) is 0. The van der Waals surface area contributed by atoms with Crippen molar-refractivity contribution < 1.29 is 14.3 Å². The van der Waals surface area contributed by atoms with Gasteiger partial charge >= 0.3 is 0 Å². The third-order valence-electron chi connectivity index (χ3n) is 3.68. The van der Waals surface area contributed by atoms with Gasteiger partial charge in [0.25, 0.3) is 11.8 Å². The molecule has 3 heterocycles. The average molecular weight is 325 g/mol. The molecule has 0 bridgehead atoms. The zero-order valence-electron chi connectivity index (χ0n) is 13.0. The molecule has 8 nitrogen and oxygen atoms in total. The van der Waals surface area contributed by atoms with Crippen LogP contribution in [0.3, 0.4) is 0 Å². The third kappa shape index (κ3) is 3.10. The smallest absolute Gasteiger partial charge is 0.259 e. The fourth-order valence-electron chi connectivity index (χ4n) is 2.54. The van der Waals surface area contributed by atoms with E-state index in [-0.39, 0.29) is 23.6 Å². The average Bonchev–Trinajstić information content (AvgIpc) is 3.10. The van der Waals surface area contributed by atoms with Crippen LogP contribution in [0.4, 0.5) is 0 Å². The lowest BCUT2D eigenvalue weighted by molar-refractivity contribution is 0.0767. The van der Waals surface area contributed by atoms with Crippen molar-refractivity contribution in [2.24, 2.45) is 0 Å². The molecule has 122 valence electrons. The summed E-state index contributed by atoms with van der Waals surface area (Å²) in [5.74, 6) is 0.330. The number of nitrogens with zero attached hydrogens (tertiary/aromatic N) is 5. The number of carbonyl (C=O) groups excluding carboxylic acids is 1. The normalized spacial score (nSPS) is 16.5. The molecule has 1 saturated heterocycles.